The monoisotopic (exact) mass is 311 g/mol. The molecule has 0 atom stereocenters. The molecule has 0 saturated carbocycles. The van der Waals surface area contributed by atoms with E-state index in [4.69, 9.17) is 23.2 Å². The Bertz CT molecular complexity index is 591. The van der Waals surface area contributed by atoms with E-state index in [-0.39, 0.29) is 5.28 Å². The highest BCUT2D eigenvalue weighted by Crippen LogP contribution is 2.17. The summed E-state index contributed by atoms with van der Waals surface area (Å²) in [5.41, 5.74) is 1.07. The smallest absolute Gasteiger partial charge is 0.231 e. The summed E-state index contributed by atoms with van der Waals surface area (Å²) in [7, 11) is 1.89. The number of halogens is 2. The molecule has 20 heavy (non-hydrogen) atoms. The zero-order chi connectivity index (χ0) is 14.5. The standard InChI is InChI=1S/C13H15Cl2N5/c1-3-16-12-17-11(15)18-13(19-12)20(2)8-9-5-4-6-10(14)7-9/h4-7H,3,8H2,1-2H3,(H,16,17,18,19). The van der Waals surface area contributed by atoms with Crippen molar-refractivity contribution in [3.05, 3.63) is 40.1 Å². The molecular formula is C13H15Cl2N5. The van der Waals surface area contributed by atoms with Crippen molar-refractivity contribution >= 4 is 35.1 Å². The predicted octanol–water partition coefficient (Wildman–Crippen LogP) is 3.25. The van der Waals surface area contributed by atoms with E-state index in [2.05, 4.69) is 20.3 Å². The molecule has 1 heterocycles. The first-order valence-electron chi connectivity index (χ1n) is 6.19. The Kier molecular flexibility index (Phi) is 4.98. The summed E-state index contributed by atoms with van der Waals surface area (Å²) in [4.78, 5) is 14.3. The van der Waals surface area contributed by atoms with Crippen molar-refractivity contribution in [3.8, 4) is 0 Å². The van der Waals surface area contributed by atoms with Gasteiger partial charge in [-0.1, -0.05) is 23.7 Å². The van der Waals surface area contributed by atoms with E-state index < -0.39 is 0 Å². The average Bonchev–Trinajstić information content (AvgIpc) is 2.38. The van der Waals surface area contributed by atoms with Crippen molar-refractivity contribution in [3.63, 3.8) is 0 Å². The van der Waals surface area contributed by atoms with Crippen molar-refractivity contribution in [1.82, 2.24) is 15.0 Å². The molecule has 1 aromatic carbocycles. The lowest BCUT2D eigenvalue weighted by atomic mass is 10.2. The highest BCUT2D eigenvalue weighted by atomic mass is 35.5. The predicted molar refractivity (Wildman–Crippen MR) is 82.6 cm³/mol. The molecule has 0 unspecified atom stereocenters. The lowest BCUT2D eigenvalue weighted by Gasteiger charge is -2.17. The number of benzene rings is 1. The summed E-state index contributed by atoms with van der Waals surface area (Å²) in [6, 6.07) is 7.66. The molecule has 106 valence electrons. The molecule has 1 aromatic heterocycles. The fourth-order valence-electron chi connectivity index (χ4n) is 1.73. The maximum absolute atomic E-state index is 5.98. The Morgan fingerprint density at radius 1 is 1.20 bits per heavy atom. The minimum atomic E-state index is 0.170. The molecule has 1 N–H and O–H groups in total. The Balaban J connectivity index is 2.18. The van der Waals surface area contributed by atoms with E-state index >= 15 is 0 Å². The second-order valence-electron chi connectivity index (χ2n) is 4.24. The van der Waals surface area contributed by atoms with Gasteiger partial charge in [-0.25, -0.2) is 0 Å². The lowest BCUT2D eigenvalue weighted by molar-refractivity contribution is 0.852. The summed E-state index contributed by atoms with van der Waals surface area (Å²) in [6.45, 7) is 3.32. The van der Waals surface area contributed by atoms with E-state index in [1.165, 1.54) is 0 Å². The van der Waals surface area contributed by atoms with Crippen LogP contribution in [0, 0.1) is 0 Å². The summed E-state index contributed by atoms with van der Waals surface area (Å²) >= 11 is 11.9. The third-order valence-corrected chi connectivity index (χ3v) is 2.99. The first-order chi connectivity index (χ1) is 9.58. The van der Waals surface area contributed by atoms with Gasteiger partial charge in [0.25, 0.3) is 0 Å². The van der Waals surface area contributed by atoms with E-state index in [1.54, 1.807) is 0 Å². The van der Waals surface area contributed by atoms with Gasteiger partial charge in [-0.05, 0) is 36.2 Å². The highest BCUT2D eigenvalue weighted by molar-refractivity contribution is 6.30. The zero-order valence-electron chi connectivity index (χ0n) is 11.3. The molecule has 0 amide bonds. The lowest BCUT2D eigenvalue weighted by Crippen LogP contribution is -2.20. The summed E-state index contributed by atoms with van der Waals surface area (Å²) < 4.78 is 0. The average molecular weight is 312 g/mol. The Labute approximate surface area is 128 Å². The normalized spacial score (nSPS) is 10.4. The molecule has 7 heteroatoms. The fourth-order valence-corrected chi connectivity index (χ4v) is 2.10. The van der Waals surface area contributed by atoms with Crippen LogP contribution >= 0.6 is 23.2 Å². The Morgan fingerprint density at radius 2 is 2.00 bits per heavy atom. The first-order valence-corrected chi connectivity index (χ1v) is 6.95. The third kappa shape index (κ3) is 3.95. The molecule has 2 aromatic rings. The van der Waals surface area contributed by atoms with Gasteiger partial charge in [0.1, 0.15) is 0 Å². The Morgan fingerprint density at radius 3 is 2.70 bits per heavy atom. The van der Waals surface area contributed by atoms with Crippen molar-refractivity contribution in [2.24, 2.45) is 0 Å². The van der Waals surface area contributed by atoms with Crippen molar-refractivity contribution in [2.45, 2.75) is 13.5 Å². The molecule has 0 spiro atoms. The number of nitrogens with zero attached hydrogens (tertiary/aromatic N) is 4. The van der Waals surface area contributed by atoms with Crippen LogP contribution in [0.4, 0.5) is 11.9 Å². The molecule has 0 saturated heterocycles. The maximum Gasteiger partial charge on any atom is 0.231 e. The van der Waals surface area contributed by atoms with Crippen LogP contribution < -0.4 is 10.2 Å². The van der Waals surface area contributed by atoms with Gasteiger partial charge >= 0.3 is 0 Å². The van der Waals surface area contributed by atoms with Gasteiger partial charge in [0, 0.05) is 25.2 Å². The summed E-state index contributed by atoms with van der Waals surface area (Å²) in [5.74, 6) is 0.987. The largest absolute Gasteiger partial charge is 0.354 e. The summed E-state index contributed by atoms with van der Waals surface area (Å²) in [6.07, 6.45) is 0. The molecule has 0 aliphatic carbocycles. The number of hydrogen-bond donors (Lipinski definition) is 1. The number of rotatable bonds is 5. The van der Waals surface area contributed by atoms with Gasteiger partial charge in [-0.15, -0.1) is 0 Å². The first kappa shape index (κ1) is 14.8. The molecule has 0 aliphatic rings. The van der Waals surface area contributed by atoms with Gasteiger partial charge in [0.05, 0.1) is 0 Å². The number of nitrogens with one attached hydrogen (secondary N) is 1. The van der Waals surface area contributed by atoms with Gasteiger partial charge in [-0.3, -0.25) is 0 Å². The van der Waals surface area contributed by atoms with Crippen LogP contribution in [0.15, 0.2) is 24.3 Å². The van der Waals surface area contributed by atoms with E-state index in [0.29, 0.717) is 23.5 Å². The molecule has 0 bridgehead atoms. The molecule has 0 radical (unpaired) electrons. The van der Waals surface area contributed by atoms with Crippen molar-refractivity contribution in [2.75, 3.05) is 23.8 Å². The summed E-state index contributed by atoms with van der Waals surface area (Å²) in [5, 5.41) is 3.90. The van der Waals surface area contributed by atoms with Crippen LogP contribution in [0.25, 0.3) is 0 Å². The Hall–Kier alpha value is -1.59. The maximum atomic E-state index is 5.98. The fraction of sp³-hybridized carbons (Fsp3) is 0.308. The quantitative estimate of drug-likeness (QED) is 0.918. The minimum Gasteiger partial charge on any atom is -0.354 e. The number of hydrogen-bond acceptors (Lipinski definition) is 5. The van der Waals surface area contributed by atoms with Gasteiger partial charge in [-0.2, -0.15) is 15.0 Å². The second-order valence-corrected chi connectivity index (χ2v) is 5.02. The van der Waals surface area contributed by atoms with E-state index in [9.17, 15) is 0 Å². The second kappa shape index (κ2) is 6.72. The molecule has 2 rings (SSSR count). The van der Waals surface area contributed by atoms with Gasteiger partial charge < -0.3 is 10.2 Å². The van der Waals surface area contributed by atoms with Crippen LogP contribution in [0.3, 0.4) is 0 Å². The molecule has 0 aliphatic heterocycles. The highest BCUT2D eigenvalue weighted by Gasteiger charge is 2.09. The molecule has 5 nitrogen and oxygen atoms in total. The van der Waals surface area contributed by atoms with Gasteiger partial charge in [0.2, 0.25) is 17.2 Å². The van der Waals surface area contributed by atoms with E-state index in [1.807, 2.05) is 43.1 Å². The molecule has 0 fully saturated rings. The van der Waals surface area contributed by atoms with Crippen LogP contribution in [0.2, 0.25) is 10.3 Å². The molecular weight excluding hydrogens is 297 g/mol. The number of aromatic nitrogens is 3. The zero-order valence-corrected chi connectivity index (χ0v) is 12.8. The SMILES string of the molecule is CCNc1nc(Cl)nc(N(C)Cc2cccc(Cl)c2)n1. The minimum absolute atomic E-state index is 0.170. The van der Waals surface area contributed by atoms with Crippen molar-refractivity contribution < 1.29 is 0 Å². The van der Waals surface area contributed by atoms with Crippen LogP contribution in [-0.2, 0) is 6.54 Å². The van der Waals surface area contributed by atoms with Crippen LogP contribution in [-0.4, -0.2) is 28.5 Å². The van der Waals surface area contributed by atoms with E-state index in [0.717, 1.165) is 12.1 Å². The van der Waals surface area contributed by atoms with Crippen LogP contribution in [0.1, 0.15) is 12.5 Å². The number of anilines is 2. The van der Waals surface area contributed by atoms with Crippen LogP contribution in [0.5, 0.6) is 0 Å². The third-order valence-electron chi connectivity index (χ3n) is 2.58. The topological polar surface area (TPSA) is 53.9 Å². The van der Waals surface area contributed by atoms with Crippen molar-refractivity contribution in [1.29, 1.82) is 0 Å². The van der Waals surface area contributed by atoms with Gasteiger partial charge in [0.15, 0.2) is 0 Å².